The Morgan fingerprint density at radius 2 is 1.63 bits per heavy atom. The Morgan fingerprint density at radius 3 is 2.11 bits per heavy atom. The second-order valence-corrected chi connectivity index (χ2v) is 4.28. The molecule has 0 aliphatic carbocycles. The highest BCUT2D eigenvalue weighted by atomic mass is 16.4. The summed E-state index contributed by atoms with van der Waals surface area (Å²) in [6.45, 7) is 1.78. The van der Waals surface area contributed by atoms with Crippen molar-refractivity contribution >= 4 is 11.9 Å². The van der Waals surface area contributed by atoms with Crippen molar-refractivity contribution in [3.05, 3.63) is 47.0 Å². The van der Waals surface area contributed by atoms with Gasteiger partial charge in [0.25, 0.3) is 0 Å². The van der Waals surface area contributed by atoms with Gasteiger partial charge in [-0.05, 0) is 36.8 Å². The number of carboxylic acids is 2. The number of aliphatic carboxylic acids is 2. The number of hydrogen-bond donors (Lipinski definition) is 2. The van der Waals surface area contributed by atoms with Crippen LogP contribution < -0.4 is 0 Å². The topological polar surface area (TPSA) is 74.6 Å². The van der Waals surface area contributed by atoms with Crippen LogP contribution in [0.2, 0.25) is 0 Å². The summed E-state index contributed by atoms with van der Waals surface area (Å²) >= 11 is 0. The van der Waals surface area contributed by atoms with Crippen LogP contribution in [-0.4, -0.2) is 22.2 Å². The SMILES string of the molecule is CCC(CCCc1ccccc1)=C(C(=O)O)C(=O)O. The predicted molar refractivity (Wildman–Crippen MR) is 72.0 cm³/mol. The van der Waals surface area contributed by atoms with Gasteiger partial charge in [-0.2, -0.15) is 0 Å². The third-order valence-electron chi connectivity index (χ3n) is 2.99. The van der Waals surface area contributed by atoms with E-state index < -0.39 is 17.5 Å². The molecule has 4 nitrogen and oxygen atoms in total. The monoisotopic (exact) mass is 262 g/mol. The number of hydrogen-bond acceptors (Lipinski definition) is 2. The summed E-state index contributed by atoms with van der Waals surface area (Å²) in [5, 5.41) is 17.8. The summed E-state index contributed by atoms with van der Waals surface area (Å²) in [5.41, 5.74) is 1.19. The highest BCUT2D eigenvalue weighted by Gasteiger charge is 2.20. The molecule has 0 saturated heterocycles. The Bertz CT molecular complexity index is 458. The summed E-state index contributed by atoms with van der Waals surface area (Å²) < 4.78 is 0. The largest absolute Gasteiger partial charge is 0.477 e. The van der Waals surface area contributed by atoms with E-state index in [9.17, 15) is 9.59 Å². The minimum Gasteiger partial charge on any atom is -0.477 e. The van der Waals surface area contributed by atoms with Crippen molar-refractivity contribution in [3.8, 4) is 0 Å². The molecule has 0 heterocycles. The second kappa shape index (κ2) is 7.36. The maximum Gasteiger partial charge on any atom is 0.343 e. The first kappa shape index (κ1) is 15.0. The van der Waals surface area contributed by atoms with E-state index in [0.29, 0.717) is 18.4 Å². The number of carboxylic acid groups (broad SMARTS) is 2. The van der Waals surface area contributed by atoms with Crippen molar-refractivity contribution in [1.29, 1.82) is 0 Å². The van der Waals surface area contributed by atoms with Crippen LogP contribution in [0.25, 0.3) is 0 Å². The summed E-state index contributed by atoms with van der Waals surface area (Å²) in [7, 11) is 0. The molecule has 4 heteroatoms. The van der Waals surface area contributed by atoms with Gasteiger partial charge < -0.3 is 10.2 Å². The molecule has 1 rings (SSSR count). The van der Waals surface area contributed by atoms with Crippen LogP contribution in [0.15, 0.2) is 41.5 Å². The minimum atomic E-state index is -1.36. The highest BCUT2D eigenvalue weighted by molar-refractivity contribution is 6.13. The smallest absolute Gasteiger partial charge is 0.343 e. The van der Waals surface area contributed by atoms with Gasteiger partial charge in [0.15, 0.2) is 0 Å². The molecule has 0 atom stereocenters. The molecule has 0 spiro atoms. The van der Waals surface area contributed by atoms with Gasteiger partial charge >= 0.3 is 11.9 Å². The average molecular weight is 262 g/mol. The molecule has 19 heavy (non-hydrogen) atoms. The van der Waals surface area contributed by atoms with Crippen molar-refractivity contribution in [3.63, 3.8) is 0 Å². The molecule has 0 radical (unpaired) electrons. The van der Waals surface area contributed by atoms with Crippen LogP contribution in [0.4, 0.5) is 0 Å². The molecular formula is C15H18O4. The number of benzene rings is 1. The third-order valence-corrected chi connectivity index (χ3v) is 2.99. The van der Waals surface area contributed by atoms with Gasteiger partial charge in [-0.25, -0.2) is 9.59 Å². The Balaban J connectivity index is 2.69. The van der Waals surface area contributed by atoms with Gasteiger partial charge in [-0.1, -0.05) is 37.3 Å². The molecular weight excluding hydrogens is 244 g/mol. The summed E-state index contributed by atoms with van der Waals surface area (Å²) in [5.74, 6) is -2.71. The van der Waals surface area contributed by atoms with E-state index in [1.807, 2.05) is 30.3 Å². The molecule has 0 fully saturated rings. The second-order valence-electron chi connectivity index (χ2n) is 4.28. The molecule has 1 aromatic carbocycles. The quantitative estimate of drug-likeness (QED) is 0.450. The zero-order valence-electron chi connectivity index (χ0n) is 10.9. The summed E-state index contributed by atoms with van der Waals surface area (Å²) in [4.78, 5) is 21.9. The molecule has 0 bridgehead atoms. The molecule has 0 unspecified atom stereocenters. The molecule has 1 aromatic rings. The lowest BCUT2D eigenvalue weighted by Crippen LogP contribution is -2.14. The predicted octanol–water partition coefficient (Wildman–Crippen LogP) is 2.89. The van der Waals surface area contributed by atoms with Crippen LogP contribution in [-0.2, 0) is 16.0 Å². The van der Waals surface area contributed by atoms with Crippen LogP contribution in [0.5, 0.6) is 0 Å². The fraction of sp³-hybridized carbons (Fsp3) is 0.333. The van der Waals surface area contributed by atoms with Gasteiger partial charge in [-0.15, -0.1) is 0 Å². The molecule has 2 N–H and O–H groups in total. The Kier molecular flexibility index (Phi) is 5.79. The maximum absolute atomic E-state index is 10.9. The number of aryl methyl sites for hydroxylation is 1. The zero-order chi connectivity index (χ0) is 14.3. The summed E-state index contributed by atoms with van der Waals surface area (Å²) in [6.07, 6.45) is 2.51. The van der Waals surface area contributed by atoms with E-state index in [1.165, 1.54) is 5.56 Å². The first-order valence-corrected chi connectivity index (χ1v) is 6.28. The standard InChI is InChI=1S/C15H18O4/c1-2-12(13(14(16)17)15(18)19)10-6-9-11-7-4-3-5-8-11/h3-5,7-8H,2,6,9-10H2,1H3,(H,16,17)(H,18,19). The highest BCUT2D eigenvalue weighted by Crippen LogP contribution is 2.18. The summed E-state index contributed by atoms with van der Waals surface area (Å²) in [6, 6.07) is 9.85. The van der Waals surface area contributed by atoms with Crippen molar-refractivity contribution in [1.82, 2.24) is 0 Å². The lowest BCUT2D eigenvalue weighted by atomic mass is 9.98. The number of allylic oxidation sites excluding steroid dienone is 1. The Labute approximate surface area is 112 Å². The first-order valence-electron chi connectivity index (χ1n) is 6.28. The van der Waals surface area contributed by atoms with E-state index in [-0.39, 0.29) is 0 Å². The molecule has 0 saturated carbocycles. The molecule has 0 aliphatic rings. The van der Waals surface area contributed by atoms with Crippen LogP contribution in [0, 0.1) is 0 Å². The van der Waals surface area contributed by atoms with Gasteiger partial charge in [0, 0.05) is 0 Å². The van der Waals surface area contributed by atoms with E-state index in [2.05, 4.69) is 0 Å². The lowest BCUT2D eigenvalue weighted by Gasteiger charge is -2.08. The molecule has 0 aromatic heterocycles. The van der Waals surface area contributed by atoms with Crippen molar-refractivity contribution in [2.75, 3.05) is 0 Å². The maximum atomic E-state index is 10.9. The fourth-order valence-corrected chi connectivity index (χ4v) is 2.02. The molecule has 0 amide bonds. The van der Waals surface area contributed by atoms with Gasteiger partial charge in [-0.3, -0.25) is 0 Å². The van der Waals surface area contributed by atoms with E-state index in [1.54, 1.807) is 6.92 Å². The Morgan fingerprint density at radius 1 is 1.05 bits per heavy atom. The Hall–Kier alpha value is -2.10. The third kappa shape index (κ3) is 4.58. The van der Waals surface area contributed by atoms with Crippen molar-refractivity contribution in [2.45, 2.75) is 32.6 Å². The number of rotatable bonds is 7. The van der Waals surface area contributed by atoms with E-state index >= 15 is 0 Å². The normalized spacial score (nSPS) is 9.95. The van der Waals surface area contributed by atoms with Gasteiger partial charge in [0.05, 0.1) is 0 Å². The fourth-order valence-electron chi connectivity index (χ4n) is 2.02. The van der Waals surface area contributed by atoms with E-state index in [4.69, 9.17) is 10.2 Å². The average Bonchev–Trinajstić information content (AvgIpc) is 2.37. The minimum absolute atomic E-state index is 0.447. The van der Waals surface area contributed by atoms with Gasteiger partial charge in [0.1, 0.15) is 5.57 Å². The van der Waals surface area contributed by atoms with Crippen molar-refractivity contribution < 1.29 is 19.8 Å². The lowest BCUT2D eigenvalue weighted by molar-refractivity contribution is -0.140. The first-order chi connectivity index (χ1) is 9.06. The van der Waals surface area contributed by atoms with Crippen LogP contribution in [0.3, 0.4) is 0 Å². The van der Waals surface area contributed by atoms with Crippen LogP contribution in [0.1, 0.15) is 31.7 Å². The molecule has 102 valence electrons. The van der Waals surface area contributed by atoms with Gasteiger partial charge in [0.2, 0.25) is 0 Å². The van der Waals surface area contributed by atoms with E-state index in [0.717, 1.165) is 12.8 Å². The zero-order valence-corrected chi connectivity index (χ0v) is 10.9. The number of carbonyl (C=O) groups is 2. The van der Waals surface area contributed by atoms with Crippen molar-refractivity contribution in [2.24, 2.45) is 0 Å². The van der Waals surface area contributed by atoms with Crippen LogP contribution >= 0.6 is 0 Å². The molecule has 0 aliphatic heterocycles.